The van der Waals surface area contributed by atoms with E-state index < -0.39 is 0 Å². The van der Waals surface area contributed by atoms with E-state index in [4.69, 9.17) is 9.47 Å². The SMILES string of the molecule is COC(=O)CCN(CCc1ccccc1)C(=O)Cc1ccc(OC)cc1. The van der Waals surface area contributed by atoms with Crippen molar-refractivity contribution in [2.75, 3.05) is 27.3 Å². The summed E-state index contributed by atoms with van der Waals surface area (Å²) in [6, 6.07) is 17.4. The van der Waals surface area contributed by atoms with E-state index in [9.17, 15) is 9.59 Å². The zero-order chi connectivity index (χ0) is 18.8. The topological polar surface area (TPSA) is 55.8 Å². The van der Waals surface area contributed by atoms with E-state index in [0.29, 0.717) is 19.5 Å². The second kappa shape index (κ2) is 10.2. The molecule has 2 aromatic rings. The first-order valence-corrected chi connectivity index (χ1v) is 8.64. The van der Waals surface area contributed by atoms with Crippen molar-refractivity contribution < 1.29 is 19.1 Å². The summed E-state index contributed by atoms with van der Waals surface area (Å²) in [6.07, 6.45) is 1.23. The Balaban J connectivity index is 1.99. The average molecular weight is 355 g/mol. The van der Waals surface area contributed by atoms with Gasteiger partial charge < -0.3 is 14.4 Å². The van der Waals surface area contributed by atoms with Gasteiger partial charge in [-0.25, -0.2) is 0 Å². The summed E-state index contributed by atoms with van der Waals surface area (Å²) >= 11 is 0. The number of esters is 1. The van der Waals surface area contributed by atoms with Crippen LogP contribution in [0.4, 0.5) is 0 Å². The molecule has 2 aromatic carbocycles. The van der Waals surface area contributed by atoms with Crippen LogP contribution < -0.4 is 4.74 Å². The fourth-order valence-corrected chi connectivity index (χ4v) is 2.63. The van der Waals surface area contributed by atoms with Crippen molar-refractivity contribution in [3.05, 3.63) is 65.7 Å². The normalized spacial score (nSPS) is 10.2. The summed E-state index contributed by atoms with van der Waals surface area (Å²) in [7, 11) is 2.97. The lowest BCUT2D eigenvalue weighted by atomic mass is 10.1. The van der Waals surface area contributed by atoms with Crippen molar-refractivity contribution in [2.45, 2.75) is 19.3 Å². The molecule has 0 aromatic heterocycles. The fraction of sp³-hybridized carbons (Fsp3) is 0.333. The molecule has 0 N–H and O–H groups in total. The Bertz CT molecular complexity index is 698. The molecule has 0 aliphatic rings. The Morgan fingerprint density at radius 3 is 2.19 bits per heavy atom. The number of methoxy groups -OCH3 is 2. The molecule has 26 heavy (non-hydrogen) atoms. The Labute approximate surface area is 154 Å². The third-order valence-electron chi connectivity index (χ3n) is 4.19. The highest BCUT2D eigenvalue weighted by Gasteiger charge is 2.16. The Kier molecular flexibility index (Phi) is 7.68. The summed E-state index contributed by atoms with van der Waals surface area (Å²) in [5.41, 5.74) is 2.08. The van der Waals surface area contributed by atoms with Crippen molar-refractivity contribution >= 4 is 11.9 Å². The van der Waals surface area contributed by atoms with Crippen LogP contribution in [-0.4, -0.2) is 44.1 Å². The summed E-state index contributed by atoms with van der Waals surface area (Å²) in [6.45, 7) is 0.921. The summed E-state index contributed by atoms with van der Waals surface area (Å²) < 4.78 is 9.84. The fourth-order valence-electron chi connectivity index (χ4n) is 2.63. The second-order valence-corrected chi connectivity index (χ2v) is 5.97. The van der Waals surface area contributed by atoms with Crippen molar-refractivity contribution in [2.24, 2.45) is 0 Å². The molecule has 0 saturated heterocycles. The molecule has 0 spiro atoms. The van der Waals surface area contributed by atoms with Gasteiger partial charge in [-0.1, -0.05) is 42.5 Å². The van der Waals surface area contributed by atoms with E-state index in [0.717, 1.165) is 23.3 Å². The quantitative estimate of drug-likeness (QED) is 0.649. The van der Waals surface area contributed by atoms with Crippen LogP contribution >= 0.6 is 0 Å². The lowest BCUT2D eigenvalue weighted by molar-refractivity contribution is -0.141. The van der Waals surface area contributed by atoms with Crippen LogP contribution in [0, 0.1) is 0 Å². The number of carbonyl (C=O) groups is 2. The molecule has 0 bridgehead atoms. The zero-order valence-electron chi connectivity index (χ0n) is 15.3. The van der Waals surface area contributed by atoms with Crippen LogP contribution in [0.3, 0.4) is 0 Å². The van der Waals surface area contributed by atoms with Gasteiger partial charge in [-0.3, -0.25) is 9.59 Å². The Morgan fingerprint density at radius 1 is 0.885 bits per heavy atom. The molecule has 0 aliphatic carbocycles. The number of carbonyl (C=O) groups excluding carboxylic acids is 2. The molecule has 0 unspecified atom stereocenters. The predicted molar refractivity (Wildman–Crippen MR) is 100 cm³/mol. The first-order chi connectivity index (χ1) is 12.6. The lowest BCUT2D eigenvalue weighted by Gasteiger charge is -2.22. The van der Waals surface area contributed by atoms with Crippen LogP contribution in [0.1, 0.15) is 17.5 Å². The first kappa shape index (κ1) is 19.5. The van der Waals surface area contributed by atoms with Gasteiger partial charge in [0.05, 0.1) is 27.1 Å². The highest BCUT2D eigenvalue weighted by Crippen LogP contribution is 2.13. The number of hydrogen-bond acceptors (Lipinski definition) is 4. The Hall–Kier alpha value is -2.82. The second-order valence-electron chi connectivity index (χ2n) is 5.97. The van der Waals surface area contributed by atoms with Gasteiger partial charge in [0.1, 0.15) is 5.75 Å². The molecule has 0 fully saturated rings. The van der Waals surface area contributed by atoms with Gasteiger partial charge in [0, 0.05) is 13.1 Å². The standard InChI is InChI=1S/C21H25NO4/c1-25-19-10-8-18(9-11-19)16-20(23)22(15-13-21(24)26-2)14-12-17-6-4-3-5-7-17/h3-11H,12-16H2,1-2H3. The van der Waals surface area contributed by atoms with E-state index >= 15 is 0 Å². The maximum atomic E-state index is 12.7. The molecule has 0 aliphatic heterocycles. The lowest BCUT2D eigenvalue weighted by Crippen LogP contribution is -2.36. The minimum absolute atomic E-state index is 0.00463. The molecule has 0 radical (unpaired) electrons. The molecular formula is C21H25NO4. The maximum absolute atomic E-state index is 12.7. The average Bonchev–Trinajstić information content (AvgIpc) is 2.69. The molecule has 2 rings (SSSR count). The number of hydrogen-bond donors (Lipinski definition) is 0. The molecule has 5 nitrogen and oxygen atoms in total. The van der Waals surface area contributed by atoms with Gasteiger partial charge in [0.2, 0.25) is 5.91 Å². The molecule has 0 saturated carbocycles. The van der Waals surface area contributed by atoms with Crippen molar-refractivity contribution in [3.8, 4) is 5.75 Å². The van der Waals surface area contributed by atoms with Gasteiger partial charge in [0.25, 0.3) is 0 Å². The highest BCUT2D eigenvalue weighted by atomic mass is 16.5. The summed E-state index contributed by atoms with van der Waals surface area (Å²) in [5.74, 6) is 0.440. The van der Waals surface area contributed by atoms with Crippen molar-refractivity contribution in [1.82, 2.24) is 4.90 Å². The number of benzene rings is 2. The highest BCUT2D eigenvalue weighted by molar-refractivity contribution is 5.79. The molecule has 0 atom stereocenters. The van der Waals surface area contributed by atoms with Crippen molar-refractivity contribution in [3.63, 3.8) is 0 Å². The Morgan fingerprint density at radius 2 is 1.58 bits per heavy atom. The van der Waals surface area contributed by atoms with E-state index in [1.165, 1.54) is 7.11 Å². The van der Waals surface area contributed by atoms with Crippen LogP contribution in [0.2, 0.25) is 0 Å². The van der Waals surface area contributed by atoms with Gasteiger partial charge >= 0.3 is 5.97 Å². The molecular weight excluding hydrogens is 330 g/mol. The van der Waals surface area contributed by atoms with Gasteiger partial charge in [-0.2, -0.15) is 0 Å². The van der Waals surface area contributed by atoms with Crippen LogP contribution in [0.5, 0.6) is 5.75 Å². The van der Waals surface area contributed by atoms with Crippen molar-refractivity contribution in [1.29, 1.82) is 0 Å². The van der Waals surface area contributed by atoms with E-state index in [1.807, 2.05) is 54.6 Å². The van der Waals surface area contributed by atoms with Gasteiger partial charge in [0.15, 0.2) is 0 Å². The van der Waals surface area contributed by atoms with Gasteiger partial charge in [-0.15, -0.1) is 0 Å². The number of ether oxygens (including phenoxy) is 2. The van der Waals surface area contributed by atoms with Gasteiger partial charge in [-0.05, 0) is 29.7 Å². The molecule has 5 heteroatoms. The van der Waals surface area contributed by atoms with Crippen LogP contribution in [0.25, 0.3) is 0 Å². The predicted octanol–water partition coefficient (Wildman–Crippen LogP) is 2.87. The minimum atomic E-state index is -0.313. The molecule has 0 heterocycles. The number of nitrogens with zero attached hydrogens (tertiary/aromatic N) is 1. The third kappa shape index (κ3) is 6.24. The third-order valence-corrected chi connectivity index (χ3v) is 4.19. The monoisotopic (exact) mass is 355 g/mol. The van der Waals surface area contributed by atoms with E-state index in [2.05, 4.69) is 0 Å². The van der Waals surface area contributed by atoms with Crippen LogP contribution in [-0.2, 0) is 27.2 Å². The minimum Gasteiger partial charge on any atom is -0.497 e. The number of amides is 1. The smallest absolute Gasteiger partial charge is 0.307 e. The summed E-state index contributed by atoms with van der Waals surface area (Å²) in [4.78, 5) is 25.9. The van der Waals surface area contributed by atoms with Crippen LogP contribution in [0.15, 0.2) is 54.6 Å². The molecule has 1 amide bonds. The zero-order valence-corrected chi connectivity index (χ0v) is 15.3. The largest absolute Gasteiger partial charge is 0.497 e. The van der Waals surface area contributed by atoms with E-state index in [1.54, 1.807) is 12.0 Å². The number of rotatable bonds is 9. The maximum Gasteiger partial charge on any atom is 0.307 e. The molecule has 138 valence electrons. The first-order valence-electron chi connectivity index (χ1n) is 8.64. The van der Waals surface area contributed by atoms with E-state index in [-0.39, 0.29) is 18.3 Å². The summed E-state index contributed by atoms with van der Waals surface area (Å²) in [5, 5.41) is 0.